The van der Waals surface area contributed by atoms with Crippen LogP contribution in [0.15, 0.2) is 115 Å². The van der Waals surface area contributed by atoms with Crippen molar-refractivity contribution >= 4 is 21.5 Å². The smallest absolute Gasteiger partial charge is 0.132 e. The van der Waals surface area contributed by atoms with E-state index in [4.69, 9.17) is 14.2 Å². The Morgan fingerprint density at radius 3 is 1.48 bits per heavy atom. The van der Waals surface area contributed by atoms with Gasteiger partial charge in [-0.1, -0.05) is 91.7 Å². The first-order valence-corrected chi connectivity index (χ1v) is 18.1. The molecule has 6 aromatic rings. The van der Waals surface area contributed by atoms with Crippen LogP contribution in [0.25, 0.3) is 32.7 Å². The molecule has 0 aromatic heterocycles. The standard InChI is InChI=1S/C45H42O3/c1-4-10-30(11-5-1)31-16-18-32(19-17-31)43-44-39-24-22-37(46-35-12-6-2-7-13-35)28-33(39)20-26-41(44)48-42-27-21-34-29-38(23-25-40(34)45(42)43)47-36-14-8-3-9-15-36/h1,4-5,10-11,16-29,35-36,43H,2-3,6-9,12-15H2. The maximum atomic E-state index is 6.78. The highest BCUT2D eigenvalue weighted by Gasteiger charge is 2.32. The summed E-state index contributed by atoms with van der Waals surface area (Å²) in [6, 6.07) is 41.8. The van der Waals surface area contributed by atoms with Gasteiger partial charge in [-0.25, -0.2) is 0 Å². The normalized spacial score (nSPS) is 17.1. The molecule has 0 bridgehead atoms. The summed E-state index contributed by atoms with van der Waals surface area (Å²) in [5.41, 5.74) is 6.13. The Morgan fingerprint density at radius 2 is 0.958 bits per heavy atom. The topological polar surface area (TPSA) is 27.7 Å². The van der Waals surface area contributed by atoms with Gasteiger partial charge in [-0.2, -0.15) is 0 Å². The summed E-state index contributed by atoms with van der Waals surface area (Å²) in [4.78, 5) is 0. The summed E-state index contributed by atoms with van der Waals surface area (Å²) in [5, 5.41) is 4.79. The second-order valence-corrected chi connectivity index (χ2v) is 14.0. The molecule has 0 unspecified atom stereocenters. The van der Waals surface area contributed by atoms with Gasteiger partial charge in [0.05, 0.1) is 12.2 Å². The average molecular weight is 631 g/mol. The monoisotopic (exact) mass is 630 g/mol. The largest absolute Gasteiger partial charge is 0.490 e. The van der Waals surface area contributed by atoms with E-state index in [2.05, 4.69) is 115 Å². The second kappa shape index (κ2) is 12.7. The van der Waals surface area contributed by atoms with Gasteiger partial charge in [-0.3, -0.25) is 0 Å². The van der Waals surface area contributed by atoms with E-state index in [1.807, 2.05) is 0 Å². The van der Waals surface area contributed by atoms with Crippen molar-refractivity contribution < 1.29 is 14.2 Å². The minimum Gasteiger partial charge on any atom is -0.490 e. The first-order valence-electron chi connectivity index (χ1n) is 18.1. The Morgan fingerprint density at radius 1 is 0.458 bits per heavy atom. The van der Waals surface area contributed by atoms with Crippen molar-refractivity contribution in [1.29, 1.82) is 0 Å². The number of hydrogen-bond acceptors (Lipinski definition) is 3. The van der Waals surface area contributed by atoms with E-state index in [9.17, 15) is 0 Å². The number of benzene rings is 6. The Kier molecular flexibility index (Phi) is 7.77. The van der Waals surface area contributed by atoms with Crippen molar-refractivity contribution in [3.05, 3.63) is 132 Å². The lowest BCUT2D eigenvalue weighted by Crippen LogP contribution is -2.19. The van der Waals surface area contributed by atoms with Crippen LogP contribution >= 0.6 is 0 Å². The molecule has 3 nitrogen and oxygen atoms in total. The summed E-state index contributed by atoms with van der Waals surface area (Å²) >= 11 is 0. The molecule has 0 radical (unpaired) electrons. The van der Waals surface area contributed by atoms with Crippen LogP contribution in [-0.2, 0) is 0 Å². The van der Waals surface area contributed by atoms with E-state index in [1.165, 1.54) is 87.9 Å². The Hall–Kier alpha value is -4.76. The number of fused-ring (bicyclic) bond motifs is 6. The lowest BCUT2D eigenvalue weighted by Gasteiger charge is -2.31. The molecular formula is C45H42O3. The molecule has 0 saturated heterocycles. The van der Waals surface area contributed by atoms with Gasteiger partial charge in [0.15, 0.2) is 0 Å². The summed E-state index contributed by atoms with van der Waals surface area (Å²) in [6.07, 6.45) is 12.9. The minimum absolute atomic E-state index is 0.00352. The molecule has 240 valence electrons. The fourth-order valence-electron chi connectivity index (χ4n) is 8.39. The summed E-state index contributed by atoms with van der Waals surface area (Å²) in [6.45, 7) is 0. The van der Waals surface area contributed by atoms with Crippen molar-refractivity contribution in [2.45, 2.75) is 82.3 Å². The van der Waals surface area contributed by atoms with E-state index in [-0.39, 0.29) is 5.92 Å². The van der Waals surface area contributed by atoms with Crippen LogP contribution in [0.1, 0.15) is 86.8 Å². The summed E-state index contributed by atoms with van der Waals surface area (Å²) < 4.78 is 19.8. The number of ether oxygens (including phenoxy) is 3. The SMILES string of the molecule is c1ccc(-c2ccc(C3c4c(ccc5cc(OC6CCCCC6)ccc45)Oc4ccc5cc(OC6CCCCC6)ccc5c43)cc2)cc1. The zero-order chi connectivity index (χ0) is 31.9. The summed E-state index contributed by atoms with van der Waals surface area (Å²) in [5.74, 6) is 3.77. The van der Waals surface area contributed by atoms with Gasteiger partial charge < -0.3 is 14.2 Å². The van der Waals surface area contributed by atoms with Gasteiger partial charge in [0, 0.05) is 17.0 Å². The number of rotatable bonds is 6. The fraction of sp³-hybridized carbons (Fsp3) is 0.289. The van der Waals surface area contributed by atoms with E-state index < -0.39 is 0 Å². The first kappa shape index (κ1) is 29.4. The molecular weight excluding hydrogens is 588 g/mol. The van der Waals surface area contributed by atoms with Crippen LogP contribution in [0.5, 0.6) is 23.0 Å². The third-order valence-electron chi connectivity index (χ3n) is 10.8. The zero-order valence-corrected chi connectivity index (χ0v) is 27.5. The molecule has 2 saturated carbocycles. The lowest BCUT2D eigenvalue weighted by molar-refractivity contribution is 0.155. The van der Waals surface area contributed by atoms with Crippen LogP contribution < -0.4 is 14.2 Å². The Labute approximate surface area is 283 Å². The van der Waals surface area contributed by atoms with E-state index in [0.29, 0.717) is 12.2 Å². The first-order chi connectivity index (χ1) is 23.8. The fourth-order valence-corrected chi connectivity index (χ4v) is 8.39. The maximum absolute atomic E-state index is 6.78. The van der Waals surface area contributed by atoms with Gasteiger partial charge >= 0.3 is 0 Å². The molecule has 6 aromatic carbocycles. The van der Waals surface area contributed by atoms with E-state index >= 15 is 0 Å². The molecule has 0 atom stereocenters. The average Bonchev–Trinajstić information content (AvgIpc) is 3.15. The Balaban J connectivity index is 1.16. The zero-order valence-electron chi connectivity index (χ0n) is 27.5. The molecule has 2 aliphatic carbocycles. The van der Waals surface area contributed by atoms with Crippen molar-refractivity contribution in [3.63, 3.8) is 0 Å². The van der Waals surface area contributed by atoms with Gasteiger partial charge in [-0.15, -0.1) is 0 Å². The van der Waals surface area contributed by atoms with Gasteiger partial charge in [-0.05, 0) is 126 Å². The third-order valence-corrected chi connectivity index (χ3v) is 10.8. The molecule has 1 heterocycles. The molecule has 3 aliphatic rings. The predicted molar refractivity (Wildman–Crippen MR) is 196 cm³/mol. The van der Waals surface area contributed by atoms with Crippen molar-refractivity contribution in [2.24, 2.45) is 0 Å². The highest BCUT2D eigenvalue weighted by Crippen LogP contribution is 2.53. The quantitative estimate of drug-likeness (QED) is 0.183. The van der Waals surface area contributed by atoms with Crippen molar-refractivity contribution in [3.8, 4) is 34.1 Å². The third kappa shape index (κ3) is 5.60. The highest BCUT2D eigenvalue weighted by molar-refractivity contribution is 5.96. The minimum atomic E-state index is -0.00352. The van der Waals surface area contributed by atoms with Gasteiger partial charge in [0.2, 0.25) is 0 Å². The second-order valence-electron chi connectivity index (χ2n) is 14.0. The summed E-state index contributed by atoms with van der Waals surface area (Å²) in [7, 11) is 0. The van der Waals surface area contributed by atoms with Crippen molar-refractivity contribution in [2.75, 3.05) is 0 Å². The molecule has 9 rings (SSSR count). The predicted octanol–water partition coefficient (Wildman–Crippen LogP) is 12.4. The molecule has 3 heteroatoms. The Bertz CT molecular complexity index is 1960. The van der Waals surface area contributed by atoms with Crippen LogP contribution in [0.2, 0.25) is 0 Å². The maximum Gasteiger partial charge on any atom is 0.132 e. The van der Waals surface area contributed by atoms with Crippen LogP contribution in [0, 0.1) is 0 Å². The number of hydrogen-bond donors (Lipinski definition) is 0. The van der Waals surface area contributed by atoms with Crippen LogP contribution in [0.3, 0.4) is 0 Å². The highest BCUT2D eigenvalue weighted by atomic mass is 16.5. The molecule has 48 heavy (non-hydrogen) atoms. The van der Waals surface area contributed by atoms with E-state index in [0.717, 1.165) is 48.7 Å². The molecule has 2 fully saturated rings. The molecule has 0 amide bonds. The van der Waals surface area contributed by atoms with E-state index in [1.54, 1.807) is 0 Å². The van der Waals surface area contributed by atoms with Crippen LogP contribution in [-0.4, -0.2) is 12.2 Å². The molecule has 0 spiro atoms. The lowest BCUT2D eigenvalue weighted by atomic mass is 9.78. The molecule has 1 aliphatic heterocycles. The van der Waals surface area contributed by atoms with Gasteiger partial charge in [0.1, 0.15) is 23.0 Å². The van der Waals surface area contributed by atoms with Gasteiger partial charge in [0.25, 0.3) is 0 Å². The van der Waals surface area contributed by atoms with Crippen molar-refractivity contribution in [1.82, 2.24) is 0 Å². The van der Waals surface area contributed by atoms with Crippen LogP contribution in [0.4, 0.5) is 0 Å². The molecule has 0 N–H and O–H groups in total.